The highest BCUT2D eigenvalue weighted by Crippen LogP contribution is 2.38. The van der Waals surface area contributed by atoms with Crippen LogP contribution in [0.25, 0.3) is 6.08 Å². The van der Waals surface area contributed by atoms with Gasteiger partial charge in [0.05, 0.1) is 0 Å². The van der Waals surface area contributed by atoms with E-state index in [1.54, 1.807) is 0 Å². The second-order valence-corrected chi connectivity index (χ2v) is 3.89. The molecule has 1 heteroatoms. The lowest BCUT2D eigenvalue weighted by Crippen LogP contribution is -2.09. The van der Waals surface area contributed by atoms with Gasteiger partial charge in [0.25, 0.3) is 0 Å². The smallest absolute Gasteiger partial charge is 0.0110 e. The molecule has 1 aromatic rings. The second-order valence-electron chi connectivity index (χ2n) is 3.89. The summed E-state index contributed by atoms with van der Waals surface area (Å²) in [4.78, 5) is 0. The van der Waals surface area contributed by atoms with Crippen molar-refractivity contribution in [2.75, 3.05) is 6.54 Å². The molecule has 14 heavy (non-hydrogen) atoms. The van der Waals surface area contributed by atoms with Gasteiger partial charge < -0.3 is 5.73 Å². The highest BCUT2D eigenvalue weighted by molar-refractivity contribution is 5.55. The van der Waals surface area contributed by atoms with Gasteiger partial charge in [0.2, 0.25) is 0 Å². The van der Waals surface area contributed by atoms with E-state index < -0.39 is 0 Å². The maximum Gasteiger partial charge on any atom is 0.0110 e. The second kappa shape index (κ2) is 4.43. The fourth-order valence-corrected chi connectivity index (χ4v) is 1.95. The zero-order valence-corrected chi connectivity index (χ0v) is 8.45. The first kappa shape index (κ1) is 9.47. The number of hydrogen-bond donors (Lipinski definition) is 1. The van der Waals surface area contributed by atoms with Crippen LogP contribution in [0.5, 0.6) is 0 Å². The van der Waals surface area contributed by atoms with Crippen molar-refractivity contribution in [3.63, 3.8) is 0 Å². The molecule has 1 aromatic carbocycles. The maximum absolute atomic E-state index is 5.46. The van der Waals surface area contributed by atoms with E-state index in [1.165, 1.54) is 30.4 Å². The molecule has 0 spiro atoms. The van der Waals surface area contributed by atoms with Crippen molar-refractivity contribution in [1.82, 2.24) is 0 Å². The number of rotatable bonds is 3. The zero-order valence-electron chi connectivity index (χ0n) is 8.45. The molecule has 0 heterocycles. The minimum absolute atomic E-state index is 0.624. The van der Waals surface area contributed by atoms with Crippen LogP contribution in [0.15, 0.2) is 30.3 Å². The normalized spacial score (nSPS) is 17.2. The van der Waals surface area contributed by atoms with E-state index >= 15 is 0 Å². The van der Waals surface area contributed by atoms with Crippen LogP contribution >= 0.6 is 0 Å². The van der Waals surface area contributed by atoms with Crippen LogP contribution in [0.2, 0.25) is 0 Å². The number of nitrogens with two attached hydrogens (primary N) is 1. The van der Waals surface area contributed by atoms with Crippen LogP contribution in [0.4, 0.5) is 0 Å². The third kappa shape index (κ3) is 1.88. The molecule has 0 unspecified atom stereocenters. The van der Waals surface area contributed by atoms with Gasteiger partial charge in [0.15, 0.2) is 0 Å². The highest BCUT2D eigenvalue weighted by atomic mass is 14.5. The van der Waals surface area contributed by atoms with Crippen molar-refractivity contribution in [2.24, 2.45) is 5.73 Å². The lowest BCUT2D eigenvalue weighted by Gasteiger charge is -2.27. The average molecular weight is 187 g/mol. The SMILES string of the molecule is NC/C=C/c1ccccc1C1CCC1. The standard InChI is InChI=1S/C13H17N/c14-10-4-8-11-5-1-2-9-13(11)12-6-3-7-12/h1-2,4-5,8-9,12H,3,6-7,10,14H2/b8-4+. The van der Waals surface area contributed by atoms with Crippen LogP contribution in [-0.4, -0.2) is 6.54 Å². The molecule has 0 atom stereocenters. The lowest BCUT2D eigenvalue weighted by molar-refractivity contribution is 0.419. The molecule has 2 N–H and O–H groups in total. The van der Waals surface area contributed by atoms with Crippen LogP contribution in [0.1, 0.15) is 36.3 Å². The molecule has 2 rings (SSSR count). The Labute approximate surface area is 85.6 Å². The summed E-state index contributed by atoms with van der Waals surface area (Å²) in [6.45, 7) is 0.624. The topological polar surface area (TPSA) is 26.0 Å². The first-order chi connectivity index (χ1) is 6.92. The molecule has 0 saturated heterocycles. The third-order valence-corrected chi connectivity index (χ3v) is 2.97. The van der Waals surface area contributed by atoms with Crippen molar-refractivity contribution in [2.45, 2.75) is 25.2 Å². The third-order valence-electron chi connectivity index (χ3n) is 2.97. The first-order valence-corrected chi connectivity index (χ1v) is 5.37. The van der Waals surface area contributed by atoms with Crippen LogP contribution < -0.4 is 5.73 Å². The largest absolute Gasteiger partial charge is 0.327 e. The van der Waals surface area contributed by atoms with E-state index in [-0.39, 0.29) is 0 Å². The molecule has 0 aliphatic heterocycles. The lowest BCUT2D eigenvalue weighted by atomic mass is 9.78. The summed E-state index contributed by atoms with van der Waals surface area (Å²) in [5.74, 6) is 0.800. The van der Waals surface area contributed by atoms with Gasteiger partial charge in [-0.05, 0) is 29.9 Å². The minimum Gasteiger partial charge on any atom is -0.327 e. The molecule has 1 saturated carbocycles. The van der Waals surface area contributed by atoms with Gasteiger partial charge in [-0.15, -0.1) is 0 Å². The van der Waals surface area contributed by atoms with Gasteiger partial charge >= 0.3 is 0 Å². The van der Waals surface area contributed by atoms with E-state index in [4.69, 9.17) is 5.73 Å². The minimum atomic E-state index is 0.624. The van der Waals surface area contributed by atoms with E-state index in [0.29, 0.717) is 6.54 Å². The summed E-state index contributed by atoms with van der Waals surface area (Å²) in [6.07, 6.45) is 8.27. The zero-order chi connectivity index (χ0) is 9.80. The van der Waals surface area contributed by atoms with Gasteiger partial charge in [0, 0.05) is 6.54 Å². The predicted octanol–water partition coefficient (Wildman–Crippen LogP) is 2.93. The fraction of sp³-hybridized carbons (Fsp3) is 0.385. The van der Waals surface area contributed by atoms with Crippen molar-refractivity contribution < 1.29 is 0 Å². The van der Waals surface area contributed by atoms with Crippen molar-refractivity contribution in [1.29, 1.82) is 0 Å². The molecule has 74 valence electrons. The van der Waals surface area contributed by atoms with Crippen molar-refractivity contribution in [3.8, 4) is 0 Å². The predicted molar refractivity (Wildman–Crippen MR) is 61.1 cm³/mol. The quantitative estimate of drug-likeness (QED) is 0.773. The Hall–Kier alpha value is -1.08. The van der Waals surface area contributed by atoms with Crippen molar-refractivity contribution >= 4 is 6.08 Å². The van der Waals surface area contributed by atoms with Crippen LogP contribution in [0, 0.1) is 0 Å². The van der Waals surface area contributed by atoms with Gasteiger partial charge in [-0.25, -0.2) is 0 Å². The maximum atomic E-state index is 5.46. The van der Waals surface area contributed by atoms with Gasteiger partial charge in [-0.3, -0.25) is 0 Å². The molecule has 0 bridgehead atoms. The Bertz CT molecular complexity index is 324. The summed E-state index contributed by atoms with van der Waals surface area (Å²) in [7, 11) is 0. The fourth-order valence-electron chi connectivity index (χ4n) is 1.95. The molecule has 1 aliphatic rings. The average Bonchev–Trinajstić information content (AvgIpc) is 2.14. The van der Waals surface area contributed by atoms with Crippen LogP contribution in [-0.2, 0) is 0 Å². The van der Waals surface area contributed by atoms with Gasteiger partial charge in [-0.1, -0.05) is 42.8 Å². The molecule has 0 radical (unpaired) electrons. The Morgan fingerprint density at radius 1 is 1.29 bits per heavy atom. The Balaban J connectivity index is 2.23. The molecule has 1 aliphatic carbocycles. The van der Waals surface area contributed by atoms with Crippen molar-refractivity contribution in [3.05, 3.63) is 41.5 Å². The highest BCUT2D eigenvalue weighted by Gasteiger charge is 2.20. The van der Waals surface area contributed by atoms with E-state index in [2.05, 4.69) is 30.3 Å². The van der Waals surface area contributed by atoms with E-state index in [0.717, 1.165) is 5.92 Å². The monoisotopic (exact) mass is 187 g/mol. The van der Waals surface area contributed by atoms with Gasteiger partial charge in [0.1, 0.15) is 0 Å². The molecule has 0 amide bonds. The summed E-state index contributed by atoms with van der Waals surface area (Å²) in [5.41, 5.74) is 8.32. The number of benzene rings is 1. The Kier molecular flexibility index (Phi) is 3.00. The summed E-state index contributed by atoms with van der Waals surface area (Å²) in [5, 5.41) is 0. The summed E-state index contributed by atoms with van der Waals surface area (Å²) in [6, 6.07) is 8.66. The van der Waals surface area contributed by atoms with Gasteiger partial charge in [-0.2, -0.15) is 0 Å². The molecular weight excluding hydrogens is 170 g/mol. The summed E-state index contributed by atoms with van der Waals surface area (Å²) >= 11 is 0. The Morgan fingerprint density at radius 2 is 2.07 bits per heavy atom. The Morgan fingerprint density at radius 3 is 2.71 bits per heavy atom. The first-order valence-electron chi connectivity index (χ1n) is 5.37. The molecular formula is C13H17N. The van der Waals surface area contributed by atoms with E-state index in [9.17, 15) is 0 Å². The molecule has 0 aromatic heterocycles. The van der Waals surface area contributed by atoms with E-state index in [1.807, 2.05) is 6.08 Å². The number of hydrogen-bond acceptors (Lipinski definition) is 1. The van der Waals surface area contributed by atoms with Crippen LogP contribution in [0.3, 0.4) is 0 Å². The summed E-state index contributed by atoms with van der Waals surface area (Å²) < 4.78 is 0. The molecule has 1 fully saturated rings. The molecule has 1 nitrogen and oxygen atoms in total.